The van der Waals surface area contributed by atoms with Crippen LogP contribution in [0, 0.1) is 15.9 Å². The van der Waals surface area contributed by atoms with Crippen molar-refractivity contribution >= 4 is 33.5 Å². The maximum absolute atomic E-state index is 13.6. The Kier molecular flexibility index (Phi) is 6.23. The van der Waals surface area contributed by atoms with Crippen molar-refractivity contribution in [2.24, 2.45) is 0 Å². The van der Waals surface area contributed by atoms with Crippen LogP contribution in [0.1, 0.15) is 15.9 Å². The predicted octanol–water partition coefficient (Wildman–Crippen LogP) is 2.89. The van der Waals surface area contributed by atoms with Crippen LogP contribution in [0.15, 0.2) is 40.9 Å². The molecule has 0 bridgehead atoms. The molecule has 0 unspecified atom stereocenters. The van der Waals surface area contributed by atoms with E-state index in [4.69, 9.17) is 9.84 Å². The van der Waals surface area contributed by atoms with Crippen molar-refractivity contribution in [2.75, 3.05) is 6.61 Å². The molecule has 0 aromatic heterocycles. The molecule has 10 heteroatoms. The number of amides is 1. The number of non-ortho nitro benzene ring substituents is 1. The fourth-order valence-corrected chi connectivity index (χ4v) is 2.37. The van der Waals surface area contributed by atoms with Crippen LogP contribution in [0.3, 0.4) is 0 Å². The molecule has 0 saturated carbocycles. The molecular weight excluding hydrogens is 415 g/mol. The van der Waals surface area contributed by atoms with Gasteiger partial charge in [0.05, 0.1) is 15.0 Å². The number of hydrogen-bond donors (Lipinski definition) is 2. The number of aliphatic carboxylic acids is 1. The molecule has 2 rings (SSSR count). The Bertz CT molecular complexity index is 874. The van der Waals surface area contributed by atoms with Gasteiger partial charge >= 0.3 is 5.97 Å². The Morgan fingerprint density at radius 3 is 2.69 bits per heavy atom. The van der Waals surface area contributed by atoms with Crippen LogP contribution in [-0.4, -0.2) is 28.5 Å². The number of carboxylic acids is 1. The van der Waals surface area contributed by atoms with E-state index >= 15 is 0 Å². The van der Waals surface area contributed by atoms with E-state index in [1.807, 2.05) is 0 Å². The van der Waals surface area contributed by atoms with Gasteiger partial charge in [0.2, 0.25) is 0 Å². The van der Waals surface area contributed by atoms with Gasteiger partial charge in [-0.3, -0.25) is 14.9 Å². The van der Waals surface area contributed by atoms with Gasteiger partial charge in [0.1, 0.15) is 11.6 Å². The maximum Gasteiger partial charge on any atom is 0.341 e. The summed E-state index contributed by atoms with van der Waals surface area (Å²) in [7, 11) is 0. The van der Waals surface area contributed by atoms with Gasteiger partial charge in [-0.05, 0) is 27.6 Å². The molecule has 0 aliphatic carbocycles. The fourth-order valence-electron chi connectivity index (χ4n) is 2.02. The van der Waals surface area contributed by atoms with Gasteiger partial charge in [-0.1, -0.05) is 12.1 Å². The van der Waals surface area contributed by atoms with E-state index in [1.165, 1.54) is 18.2 Å². The number of ether oxygens (including phenoxy) is 1. The highest BCUT2D eigenvalue weighted by Gasteiger charge is 2.17. The minimum absolute atomic E-state index is 0.000624. The number of benzene rings is 2. The van der Waals surface area contributed by atoms with E-state index in [0.29, 0.717) is 5.56 Å². The molecule has 0 aliphatic rings. The third kappa shape index (κ3) is 4.99. The van der Waals surface area contributed by atoms with Gasteiger partial charge in [-0.25, -0.2) is 9.18 Å². The third-order valence-corrected chi connectivity index (χ3v) is 3.80. The van der Waals surface area contributed by atoms with Gasteiger partial charge in [0, 0.05) is 24.7 Å². The van der Waals surface area contributed by atoms with Crippen molar-refractivity contribution in [2.45, 2.75) is 6.54 Å². The number of hydrogen-bond acceptors (Lipinski definition) is 5. The van der Waals surface area contributed by atoms with Crippen molar-refractivity contribution in [3.63, 3.8) is 0 Å². The summed E-state index contributed by atoms with van der Waals surface area (Å²) in [6.07, 6.45) is 0. The normalized spacial score (nSPS) is 10.2. The Balaban J connectivity index is 2.18. The number of carboxylic acid groups (broad SMARTS) is 1. The average Bonchev–Trinajstić information content (AvgIpc) is 2.60. The first-order valence-electron chi connectivity index (χ1n) is 7.13. The summed E-state index contributed by atoms with van der Waals surface area (Å²) in [6.45, 7) is -0.764. The summed E-state index contributed by atoms with van der Waals surface area (Å²) < 4.78 is 18.6. The molecule has 8 nitrogen and oxygen atoms in total. The smallest absolute Gasteiger partial charge is 0.341 e. The molecule has 0 spiro atoms. The first-order valence-corrected chi connectivity index (χ1v) is 7.92. The highest BCUT2D eigenvalue weighted by atomic mass is 79.9. The van der Waals surface area contributed by atoms with E-state index in [1.54, 1.807) is 6.07 Å². The summed E-state index contributed by atoms with van der Waals surface area (Å²) in [4.78, 5) is 33.2. The minimum Gasteiger partial charge on any atom is -0.481 e. The molecule has 0 atom stereocenters. The van der Waals surface area contributed by atoms with Crippen LogP contribution >= 0.6 is 15.9 Å². The summed E-state index contributed by atoms with van der Waals surface area (Å²) >= 11 is 2.95. The van der Waals surface area contributed by atoms with Crippen molar-refractivity contribution < 1.29 is 28.7 Å². The number of halogens is 2. The Hall–Kier alpha value is -3.01. The SMILES string of the molecule is O=C(O)COc1cc(F)c(Br)cc1C(=O)NCc1cccc([N+](=O)[O-])c1. The third-order valence-electron chi connectivity index (χ3n) is 3.19. The second-order valence-electron chi connectivity index (χ2n) is 5.05. The number of rotatable bonds is 7. The summed E-state index contributed by atoms with van der Waals surface area (Å²) in [5.74, 6) is -2.89. The van der Waals surface area contributed by atoms with E-state index < -0.39 is 29.2 Å². The second-order valence-corrected chi connectivity index (χ2v) is 5.91. The summed E-state index contributed by atoms with van der Waals surface area (Å²) in [5, 5.41) is 22.0. The van der Waals surface area contributed by atoms with Crippen LogP contribution in [-0.2, 0) is 11.3 Å². The zero-order chi connectivity index (χ0) is 19.3. The second kappa shape index (κ2) is 8.39. The number of nitro groups is 1. The molecule has 0 heterocycles. The van der Waals surface area contributed by atoms with Gasteiger partial charge in [-0.2, -0.15) is 0 Å². The number of nitrogens with zero attached hydrogens (tertiary/aromatic N) is 1. The van der Waals surface area contributed by atoms with Gasteiger partial charge < -0.3 is 15.2 Å². The number of carbonyl (C=O) groups is 2. The zero-order valence-corrected chi connectivity index (χ0v) is 14.7. The van der Waals surface area contributed by atoms with E-state index in [2.05, 4.69) is 21.2 Å². The summed E-state index contributed by atoms with van der Waals surface area (Å²) in [5.41, 5.74) is 0.290. The lowest BCUT2D eigenvalue weighted by atomic mass is 10.1. The predicted molar refractivity (Wildman–Crippen MR) is 91.5 cm³/mol. The molecule has 136 valence electrons. The topological polar surface area (TPSA) is 119 Å². The van der Waals surface area contributed by atoms with Crippen molar-refractivity contribution in [1.29, 1.82) is 0 Å². The van der Waals surface area contributed by atoms with Crippen LogP contribution in [0.2, 0.25) is 0 Å². The molecule has 0 fully saturated rings. The first-order chi connectivity index (χ1) is 12.3. The highest BCUT2D eigenvalue weighted by Crippen LogP contribution is 2.26. The van der Waals surface area contributed by atoms with Crippen molar-refractivity contribution in [3.8, 4) is 5.75 Å². The van der Waals surface area contributed by atoms with Gasteiger partial charge in [-0.15, -0.1) is 0 Å². The highest BCUT2D eigenvalue weighted by molar-refractivity contribution is 9.10. The Morgan fingerprint density at radius 1 is 1.31 bits per heavy atom. The number of carbonyl (C=O) groups excluding carboxylic acids is 1. The lowest BCUT2D eigenvalue weighted by Crippen LogP contribution is -2.24. The van der Waals surface area contributed by atoms with Gasteiger partial charge in [0.25, 0.3) is 11.6 Å². The Morgan fingerprint density at radius 2 is 2.04 bits per heavy atom. The first kappa shape index (κ1) is 19.3. The Labute approximate surface area is 154 Å². The maximum atomic E-state index is 13.6. The molecule has 0 aliphatic heterocycles. The van der Waals surface area contributed by atoms with Gasteiger partial charge in [0.15, 0.2) is 6.61 Å². The quantitative estimate of drug-likeness (QED) is 0.518. The molecule has 0 radical (unpaired) electrons. The fraction of sp³-hybridized carbons (Fsp3) is 0.125. The van der Waals surface area contributed by atoms with Crippen LogP contribution in [0.25, 0.3) is 0 Å². The minimum atomic E-state index is -1.28. The molecular formula is C16H12BrFN2O6. The standard InChI is InChI=1S/C16H12BrFN2O6/c17-12-5-11(14(6-13(12)18)26-8-15(21)22)16(23)19-7-9-2-1-3-10(4-9)20(24)25/h1-6H,7-8H2,(H,19,23)(H,21,22). The van der Waals surface area contributed by atoms with Crippen LogP contribution < -0.4 is 10.1 Å². The van der Waals surface area contributed by atoms with Crippen molar-refractivity contribution in [1.82, 2.24) is 5.32 Å². The number of nitro benzene ring substituents is 1. The lowest BCUT2D eigenvalue weighted by Gasteiger charge is -2.12. The van der Waals surface area contributed by atoms with E-state index in [0.717, 1.165) is 12.1 Å². The largest absolute Gasteiger partial charge is 0.481 e. The monoisotopic (exact) mass is 426 g/mol. The molecule has 26 heavy (non-hydrogen) atoms. The molecule has 1 amide bonds. The zero-order valence-electron chi connectivity index (χ0n) is 13.1. The number of nitrogens with one attached hydrogen (secondary N) is 1. The van der Waals surface area contributed by atoms with Crippen LogP contribution in [0.4, 0.5) is 10.1 Å². The molecule has 2 aromatic rings. The lowest BCUT2D eigenvalue weighted by molar-refractivity contribution is -0.384. The van der Waals surface area contributed by atoms with Crippen molar-refractivity contribution in [3.05, 3.63) is 67.9 Å². The molecule has 2 N–H and O–H groups in total. The molecule has 2 aromatic carbocycles. The average molecular weight is 427 g/mol. The molecule has 0 saturated heterocycles. The van der Waals surface area contributed by atoms with Crippen LogP contribution in [0.5, 0.6) is 5.75 Å². The van der Waals surface area contributed by atoms with E-state index in [9.17, 15) is 24.1 Å². The summed E-state index contributed by atoms with van der Waals surface area (Å²) in [6, 6.07) is 7.76. The van der Waals surface area contributed by atoms with E-state index in [-0.39, 0.29) is 28.0 Å².